The maximum absolute atomic E-state index is 12.7. The van der Waals surface area contributed by atoms with Gasteiger partial charge in [-0.2, -0.15) is 0 Å². The standard InChI is InChI=1S/C22H18N4O3/c1-13-7-9-15(21-23-17-5-3-4-6-18(17)24-21)11-19(13)25-22(27)16-10-8-14(2)20(12-16)26(28)29/h3-12H,1-2H3,(H,23,24)(H,25,27). The first-order chi connectivity index (χ1) is 13.9. The Morgan fingerprint density at radius 2 is 1.79 bits per heavy atom. The largest absolute Gasteiger partial charge is 0.338 e. The number of nitrogens with zero attached hydrogens (tertiary/aromatic N) is 2. The summed E-state index contributed by atoms with van der Waals surface area (Å²) in [6.45, 7) is 3.52. The van der Waals surface area contributed by atoms with Crippen LogP contribution in [0.15, 0.2) is 60.7 Å². The molecule has 0 fully saturated rings. The number of nitro benzene ring substituents is 1. The number of aromatic amines is 1. The van der Waals surface area contributed by atoms with Crippen LogP contribution in [0.25, 0.3) is 22.4 Å². The van der Waals surface area contributed by atoms with Crippen LogP contribution in [0.1, 0.15) is 21.5 Å². The molecule has 0 aliphatic heterocycles. The molecule has 4 aromatic rings. The van der Waals surface area contributed by atoms with Crippen molar-refractivity contribution in [2.24, 2.45) is 0 Å². The first kappa shape index (κ1) is 18.4. The van der Waals surface area contributed by atoms with Crippen molar-refractivity contribution in [1.82, 2.24) is 9.97 Å². The Bertz CT molecular complexity index is 1230. The third-order valence-electron chi connectivity index (χ3n) is 4.82. The molecule has 4 rings (SSSR count). The predicted octanol–water partition coefficient (Wildman–Crippen LogP) is 5.01. The quantitative estimate of drug-likeness (QED) is 0.380. The number of benzene rings is 3. The Kier molecular flexibility index (Phi) is 4.56. The number of para-hydroxylation sites is 2. The van der Waals surface area contributed by atoms with Crippen LogP contribution < -0.4 is 5.32 Å². The van der Waals surface area contributed by atoms with Crippen molar-refractivity contribution in [3.05, 3.63) is 87.5 Å². The average Bonchev–Trinajstić information content (AvgIpc) is 3.14. The molecule has 0 unspecified atom stereocenters. The zero-order valence-corrected chi connectivity index (χ0v) is 15.9. The zero-order chi connectivity index (χ0) is 20.5. The van der Waals surface area contributed by atoms with E-state index in [0.717, 1.165) is 22.2 Å². The van der Waals surface area contributed by atoms with Gasteiger partial charge in [0.25, 0.3) is 11.6 Å². The van der Waals surface area contributed by atoms with Gasteiger partial charge in [-0.1, -0.05) is 30.3 Å². The van der Waals surface area contributed by atoms with E-state index >= 15 is 0 Å². The molecule has 29 heavy (non-hydrogen) atoms. The van der Waals surface area contributed by atoms with Gasteiger partial charge in [-0.05, 0) is 43.7 Å². The summed E-state index contributed by atoms with van der Waals surface area (Å²) in [5.41, 5.74) is 4.78. The molecule has 0 saturated carbocycles. The van der Waals surface area contributed by atoms with Crippen molar-refractivity contribution in [1.29, 1.82) is 0 Å². The lowest BCUT2D eigenvalue weighted by molar-refractivity contribution is -0.385. The van der Waals surface area contributed by atoms with Crippen molar-refractivity contribution in [3.8, 4) is 11.4 Å². The van der Waals surface area contributed by atoms with Crippen LogP contribution in [0.3, 0.4) is 0 Å². The van der Waals surface area contributed by atoms with Crippen LogP contribution in [0.5, 0.6) is 0 Å². The van der Waals surface area contributed by atoms with E-state index in [1.807, 2.05) is 49.4 Å². The van der Waals surface area contributed by atoms with E-state index in [2.05, 4.69) is 15.3 Å². The lowest BCUT2D eigenvalue weighted by atomic mass is 10.1. The highest BCUT2D eigenvalue weighted by molar-refractivity contribution is 6.05. The lowest BCUT2D eigenvalue weighted by Crippen LogP contribution is -2.13. The number of rotatable bonds is 4. The van der Waals surface area contributed by atoms with Gasteiger partial charge in [-0.3, -0.25) is 14.9 Å². The molecular formula is C22H18N4O3. The number of imidazole rings is 1. The predicted molar refractivity (Wildman–Crippen MR) is 112 cm³/mol. The molecule has 0 aliphatic carbocycles. The SMILES string of the molecule is Cc1ccc(-c2nc3ccccc3[nH]2)cc1NC(=O)c1ccc(C)c([N+](=O)[O-])c1. The molecular weight excluding hydrogens is 368 g/mol. The summed E-state index contributed by atoms with van der Waals surface area (Å²) in [5.74, 6) is 0.297. The van der Waals surface area contributed by atoms with Gasteiger partial charge < -0.3 is 10.3 Å². The molecule has 0 radical (unpaired) electrons. The van der Waals surface area contributed by atoms with Gasteiger partial charge in [0.2, 0.25) is 0 Å². The van der Waals surface area contributed by atoms with Crippen molar-refractivity contribution in [2.45, 2.75) is 13.8 Å². The fourth-order valence-corrected chi connectivity index (χ4v) is 3.14. The first-order valence-corrected chi connectivity index (χ1v) is 9.04. The molecule has 3 aromatic carbocycles. The highest BCUT2D eigenvalue weighted by Gasteiger charge is 2.16. The molecule has 7 nitrogen and oxygen atoms in total. The summed E-state index contributed by atoms with van der Waals surface area (Å²) < 4.78 is 0. The van der Waals surface area contributed by atoms with Crippen LogP contribution in [-0.4, -0.2) is 20.8 Å². The van der Waals surface area contributed by atoms with Gasteiger partial charge >= 0.3 is 0 Å². The minimum absolute atomic E-state index is 0.0783. The van der Waals surface area contributed by atoms with Gasteiger partial charge in [0.15, 0.2) is 0 Å². The van der Waals surface area contributed by atoms with Crippen LogP contribution in [-0.2, 0) is 0 Å². The Labute approximate surface area is 166 Å². The third kappa shape index (κ3) is 3.58. The number of hydrogen-bond acceptors (Lipinski definition) is 4. The number of anilines is 1. The second-order valence-corrected chi connectivity index (χ2v) is 6.84. The third-order valence-corrected chi connectivity index (χ3v) is 4.82. The Morgan fingerprint density at radius 1 is 1.03 bits per heavy atom. The second kappa shape index (κ2) is 7.20. The van der Waals surface area contributed by atoms with E-state index in [1.165, 1.54) is 6.07 Å². The van der Waals surface area contributed by atoms with E-state index in [9.17, 15) is 14.9 Å². The number of hydrogen-bond donors (Lipinski definition) is 2. The minimum atomic E-state index is -0.487. The number of nitro groups is 1. The molecule has 1 amide bonds. The Morgan fingerprint density at radius 3 is 2.55 bits per heavy atom. The minimum Gasteiger partial charge on any atom is -0.338 e. The summed E-state index contributed by atoms with van der Waals surface area (Å²) in [7, 11) is 0. The van der Waals surface area contributed by atoms with E-state index in [1.54, 1.807) is 19.1 Å². The molecule has 1 aromatic heterocycles. The summed E-state index contributed by atoms with van der Waals surface area (Å²) in [6, 6.07) is 17.9. The van der Waals surface area contributed by atoms with E-state index < -0.39 is 10.8 Å². The first-order valence-electron chi connectivity index (χ1n) is 9.04. The molecule has 0 atom stereocenters. The topological polar surface area (TPSA) is 101 Å². The summed E-state index contributed by atoms with van der Waals surface area (Å²) in [5, 5.41) is 14.0. The number of fused-ring (bicyclic) bond motifs is 1. The number of nitrogens with one attached hydrogen (secondary N) is 2. The number of H-pyrrole nitrogens is 1. The normalized spacial score (nSPS) is 10.8. The van der Waals surface area contributed by atoms with Crippen molar-refractivity contribution in [2.75, 3.05) is 5.32 Å². The number of carbonyl (C=O) groups excluding carboxylic acids is 1. The van der Waals surface area contributed by atoms with Crippen LogP contribution in [0.4, 0.5) is 11.4 Å². The highest BCUT2D eigenvalue weighted by atomic mass is 16.6. The van der Waals surface area contributed by atoms with Crippen molar-refractivity contribution in [3.63, 3.8) is 0 Å². The summed E-state index contributed by atoms with van der Waals surface area (Å²) >= 11 is 0. The summed E-state index contributed by atoms with van der Waals surface area (Å²) in [6.07, 6.45) is 0. The number of amides is 1. The van der Waals surface area contributed by atoms with Crippen molar-refractivity contribution >= 4 is 28.3 Å². The number of aryl methyl sites for hydroxylation is 2. The highest BCUT2D eigenvalue weighted by Crippen LogP contribution is 2.26. The fraction of sp³-hybridized carbons (Fsp3) is 0.0909. The second-order valence-electron chi connectivity index (χ2n) is 6.84. The van der Waals surface area contributed by atoms with Crippen LogP contribution in [0.2, 0.25) is 0 Å². The van der Waals surface area contributed by atoms with E-state index in [4.69, 9.17) is 0 Å². The summed E-state index contributed by atoms with van der Waals surface area (Å²) in [4.78, 5) is 31.2. The van der Waals surface area contributed by atoms with Gasteiger partial charge in [-0.25, -0.2) is 4.98 Å². The van der Waals surface area contributed by atoms with Gasteiger partial charge in [0.1, 0.15) is 5.82 Å². The smallest absolute Gasteiger partial charge is 0.273 e. The van der Waals surface area contributed by atoms with Crippen LogP contribution in [0, 0.1) is 24.0 Å². The van der Waals surface area contributed by atoms with E-state index in [-0.39, 0.29) is 11.3 Å². The molecule has 1 heterocycles. The molecule has 144 valence electrons. The molecule has 0 bridgehead atoms. The van der Waals surface area contributed by atoms with Crippen LogP contribution >= 0.6 is 0 Å². The molecule has 0 saturated heterocycles. The maximum atomic E-state index is 12.7. The molecule has 0 spiro atoms. The van der Waals surface area contributed by atoms with Gasteiger partial charge in [0, 0.05) is 28.4 Å². The number of carbonyl (C=O) groups is 1. The molecule has 0 aliphatic rings. The fourth-order valence-electron chi connectivity index (χ4n) is 3.14. The lowest BCUT2D eigenvalue weighted by Gasteiger charge is -2.10. The molecule has 7 heteroatoms. The number of aromatic nitrogens is 2. The zero-order valence-electron chi connectivity index (χ0n) is 15.9. The van der Waals surface area contributed by atoms with Gasteiger partial charge in [-0.15, -0.1) is 0 Å². The van der Waals surface area contributed by atoms with E-state index in [0.29, 0.717) is 17.1 Å². The average molecular weight is 386 g/mol. The van der Waals surface area contributed by atoms with Crippen molar-refractivity contribution < 1.29 is 9.72 Å². The maximum Gasteiger partial charge on any atom is 0.273 e. The van der Waals surface area contributed by atoms with Gasteiger partial charge in [0.05, 0.1) is 16.0 Å². The monoisotopic (exact) mass is 386 g/mol. The molecule has 2 N–H and O–H groups in total. The Balaban J connectivity index is 1.65. The Hall–Kier alpha value is -4.00.